The van der Waals surface area contributed by atoms with Crippen LogP contribution in [0.3, 0.4) is 0 Å². The monoisotopic (exact) mass is 348 g/mol. The van der Waals surface area contributed by atoms with E-state index in [1.165, 1.54) is 0 Å². The van der Waals surface area contributed by atoms with Crippen LogP contribution in [0.1, 0.15) is 39.2 Å². The molecule has 1 unspecified atom stereocenters. The molecule has 3 atom stereocenters. The molecule has 0 radical (unpaired) electrons. The van der Waals surface area contributed by atoms with Crippen molar-refractivity contribution in [2.24, 2.45) is 0 Å². The standard InChI is InChI=1S/C19H28N2O4/c1-19(2,3)25-18(24)15(12-13-8-5-4-6-9-13)21-17(23)16(22)14-10-7-11-20-14/h4-6,8-9,14-16,20,22H,7,10-12H2,1-3H3,(H,21,23)/t14-,15+,16?/m0/s1. The van der Waals surface area contributed by atoms with E-state index in [4.69, 9.17) is 4.74 Å². The van der Waals surface area contributed by atoms with E-state index in [9.17, 15) is 14.7 Å². The van der Waals surface area contributed by atoms with Crippen LogP contribution in [0, 0.1) is 0 Å². The lowest BCUT2D eigenvalue weighted by Crippen LogP contribution is -2.52. The molecule has 0 spiro atoms. The number of aliphatic hydroxyl groups is 1. The van der Waals surface area contributed by atoms with Gasteiger partial charge in [-0.1, -0.05) is 30.3 Å². The molecule has 0 aromatic heterocycles. The van der Waals surface area contributed by atoms with Gasteiger partial charge in [0.25, 0.3) is 5.91 Å². The highest BCUT2D eigenvalue weighted by atomic mass is 16.6. The van der Waals surface area contributed by atoms with Gasteiger partial charge in [0.1, 0.15) is 17.7 Å². The summed E-state index contributed by atoms with van der Waals surface area (Å²) >= 11 is 0. The van der Waals surface area contributed by atoms with Gasteiger partial charge < -0.3 is 20.5 Å². The fraction of sp³-hybridized carbons (Fsp3) is 0.579. The predicted molar refractivity (Wildman–Crippen MR) is 95.0 cm³/mol. The fourth-order valence-corrected chi connectivity index (χ4v) is 2.84. The lowest BCUT2D eigenvalue weighted by Gasteiger charge is -2.26. The first-order valence-corrected chi connectivity index (χ1v) is 8.75. The van der Waals surface area contributed by atoms with Crippen molar-refractivity contribution >= 4 is 11.9 Å². The van der Waals surface area contributed by atoms with Crippen LogP contribution in [0.4, 0.5) is 0 Å². The van der Waals surface area contributed by atoms with Gasteiger partial charge in [-0.2, -0.15) is 0 Å². The summed E-state index contributed by atoms with van der Waals surface area (Å²) < 4.78 is 5.43. The molecule has 25 heavy (non-hydrogen) atoms. The molecular weight excluding hydrogens is 320 g/mol. The van der Waals surface area contributed by atoms with Gasteiger partial charge in [0, 0.05) is 12.5 Å². The summed E-state index contributed by atoms with van der Waals surface area (Å²) in [7, 11) is 0. The first kappa shape index (κ1) is 19.4. The molecular formula is C19H28N2O4. The quantitative estimate of drug-likeness (QED) is 0.672. The summed E-state index contributed by atoms with van der Waals surface area (Å²) in [6.07, 6.45) is 0.800. The molecule has 1 fully saturated rings. The second-order valence-corrected chi connectivity index (χ2v) is 7.43. The van der Waals surface area contributed by atoms with Gasteiger partial charge in [-0.15, -0.1) is 0 Å². The number of ether oxygens (including phenoxy) is 1. The second-order valence-electron chi connectivity index (χ2n) is 7.43. The summed E-state index contributed by atoms with van der Waals surface area (Å²) in [5.74, 6) is -1.05. The van der Waals surface area contributed by atoms with E-state index >= 15 is 0 Å². The zero-order chi connectivity index (χ0) is 18.4. The molecule has 1 saturated heterocycles. The topological polar surface area (TPSA) is 87.7 Å². The number of hydrogen-bond acceptors (Lipinski definition) is 5. The van der Waals surface area contributed by atoms with Crippen LogP contribution in [0.5, 0.6) is 0 Å². The normalized spacial score (nSPS) is 19.9. The minimum Gasteiger partial charge on any atom is -0.458 e. The zero-order valence-corrected chi connectivity index (χ0v) is 15.1. The van der Waals surface area contributed by atoms with Crippen molar-refractivity contribution in [2.45, 2.75) is 63.8 Å². The van der Waals surface area contributed by atoms with Gasteiger partial charge >= 0.3 is 5.97 Å². The lowest BCUT2D eigenvalue weighted by atomic mass is 10.0. The first-order chi connectivity index (χ1) is 11.8. The first-order valence-electron chi connectivity index (χ1n) is 8.75. The van der Waals surface area contributed by atoms with E-state index in [1.807, 2.05) is 30.3 Å². The minimum absolute atomic E-state index is 0.268. The third kappa shape index (κ3) is 6.14. The molecule has 138 valence electrons. The van der Waals surface area contributed by atoms with Crippen LogP contribution in [0.15, 0.2) is 30.3 Å². The molecule has 1 amide bonds. The molecule has 1 aromatic rings. The molecule has 3 N–H and O–H groups in total. The average molecular weight is 348 g/mol. The van der Waals surface area contributed by atoms with Gasteiger partial charge in [-0.05, 0) is 45.7 Å². The minimum atomic E-state index is -1.18. The Morgan fingerprint density at radius 2 is 2.00 bits per heavy atom. The average Bonchev–Trinajstić information content (AvgIpc) is 3.07. The van der Waals surface area contributed by atoms with E-state index < -0.39 is 29.6 Å². The van der Waals surface area contributed by atoms with Gasteiger partial charge in [-0.25, -0.2) is 4.79 Å². The third-order valence-corrected chi connectivity index (χ3v) is 4.04. The van der Waals surface area contributed by atoms with Gasteiger partial charge in [-0.3, -0.25) is 4.79 Å². The Bertz CT molecular complexity index is 577. The largest absolute Gasteiger partial charge is 0.458 e. The lowest BCUT2D eigenvalue weighted by molar-refractivity contribution is -0.159. The number of carbonyl (C=O) groups excluding carboxylic acids is 2. The highest BCUT2D eigenvalue weighted by molar-refractivity contribution is 5.87. The number of hydrogen-bond donors (Lipinski definition) is 3. The molecule has 0 aliphatic carbocycles. The van der Waals surface area contributed by atoms with Crippen LogP contribution < -0.4 is 10.6 Å². The van der Waals surface area contributed by atoms with E-state index in [0.29, 0.717) is 6.42 Å². The maximum absolute atomic E-state index is 12.5. The van der Waals surface area contributed by atoms with Crippen molar-refractivity contribution in [1.29, 1.82) is 0 Å². The molecule has 6 nitrogen and oxygen atoms in total. The third-order valence-electron chi connectivity index (χ3n) is 4.04. The molecule has 1 aliphatic heterocycles. The van der Waals surface area contributed by atoms with E-state index in [2.05, 4.69) is 10.6 Å². The Hall–Kier alpha value is -1.92. The van der Waals surface area contributed by atoms with E-state index in [-0.39, 0.29) is 6.04 Å². The van der Waals surface area contributed by atoms with Crippen molar-refractivity contribution < 1.29 is 19.4 Å². The van der Waals surface area contributed by atoms with Crippen molar-refractivity contribution in [3.05, 3.63) is 35.9 Å². The highest BCUT2D eigenvalue weighted by Gasteiger charge is 2.33. The number of esters is 1. The molecule has 6 heteroatoms. The fourth-order valence-electron chi connectivity index (χ4n) is 2.84. The SMILES string of the molecule is CC(C)(C)OC(=O)[C@@H](Cc1ccccc1)NC(=O)C(O)[C@@H]1CCCN1. The van der Waals surface area contributed by atoms with Crippen LogP contribution in [-0.4, -0.2) is 47.3 Å². The Kier molecular flexibility index (Phi) is 6.56. The molecule has 0 bridgehead atoms. The maximum atomic E-state index is 12.5. The van der Waals surface area contributed by atoms with Crippen LogP contribution in [0.25, 0.3) is 0 Å². The second kappa shape index (κ2) is 8.45. The van der Waals surface area contributed by atoms with Gasteiger partial charge in [0.15, 0.2) is 0 Å². The van der Waals surface area contributed by atoms with Crippen molar-refractivity contribution in [1.82, 2.24) is 10.6 Å². The highest BCUT2D eigenvalue weighted by Crippen LogP contribution is 2.13. The van der Waals surface area contributed by atoms with Crippen molar-refractivity contribution in [3.8, 4) is 0 Å². The van der Waals surface area contributed by atoms with Crippen molar-refractivity contribution in [2.75, 3.05) is 6.54 Å². The molecule has 1 heterocycles. The van der Waals surface area contributed by atoms with Crippen LogP contribution in [-0.2, 0) is 20.7 Å². The van der Waals surface area contributed by atoms with Crippen molar-refractivity contribution in [3.63, 3.8) is 0 Å². The molecule has 1 aliphatic rings. The van der Waals surface area contributed by atoms with Gasteiger partial charge in [0.2, 0.25) is 0 Å². The predicted octanol–water partition coefficient (Wildman–Crippen LogP) is 1.17. The summed E-state index contributed by atoms with van der Waals surface area (Å²) in [5, 5.41) is 16.0. The van der Waals surface area contributed by atoms with Gasteiger partial charge in [0.05, 0.1) is 0 Å². The van der Waals surface area contributed by atoms with Crippen LogP contribution in [0.2, 0.25) is 0 Å². The number of benzene rings is 1. The van der Waals surface area contributed by atoms with E-state index in [0.717, 1.165) is 24.9 Å². The Morgan fingerprint density at radius 1 is 1.32 bits per heavy atom. The summed E-state index contributed by atoms with van der Waals surface area (Å²) in [6, 6.07) is 8.30. The number of amides is 1. The number of nitrogens with one attached hydrogen (secondary N) is 2. The Labute approximate surface area is 149 Å². The van der Waals surface area contributed by atoms with E-state index in [1.54, 1.807) is 20.8 Å². The zero-order valence-electron chi connectivity index (χ0n) is 15.1. The summed E-state index contributed by atoms with van der Waals surface area (Å²) in [5.41, 5.74) is 0.259. The molecule has 2 rings (SSSR count). The Morgan fingerprint density at radius 3 is 2.56 bits per heavy atom. The van der Waals surface area contributed by atoms with Crippen LogP contribution >= 0.6 is 0 Å². The number of aliphatic hydroxyl groups excluding tert-OH is 1. The smallest absolute Gasteiger partial charge is 0.329 e. The summed E-state index contributed by atoms with van der Waals surface area (Å²) in [4.78, 5) is 24.9. The maximum Gasteiger partial charge on any atom is 0.329 e. The molecule has 0 saturated carbocycles. The summed E-state index contributed by atoms with van der Waals surface area (Å²) in [6.45, 7) is 6.13. The molecule has 1 aromatic carbocycles. The number of rotatable bonds is 6. The number of carbonyl (C=O) groups is 2. The Balaban J connectivity index is 2.07.